The Morgan fingerprint density at radius 2 is 2.29 bits per heavy atom. The van der Waals surface area contributed by atoms with Crippen molar-refractivity contribution in [2.45, 2.75) is 6.54 Å². The lowest BCUT2D eigenvalue weighted by atomic mass is 10.3. The fraction of sp³-hybridized carbons (Fsp3) is 0.0909. The van der Waals surface area contributed by atoms with Crippen molar-refractivity contribution in [1.82, 2.24) is 19.7 Å². The van der Waals surface area contributed by atoms with Crippen LogP contribution in [0, 0.1) is 5.82 Å². The maximum Gasteiger partial charge on any atom is 0.139 e. The van der Waals surface area contributed by atoms with Crippen molar-refractivity contribution >= 4 is 27.0 Å². The summed E-state index contributed by atoms with van der Waals surface area (Å²) in [6.07, 6.45) is 3.56. The molecule has 0 amide bonds. The molecule has 0 bridgehead atoms. The van der Waals surface area contributed by atoms with Crippen LogP contribution in [-0.4, -0.2) is 19.7 Å². The number of nitrogens with zero attached hydrogens (tertiary/aromatic N) is 3. The van der Waals surface area contributed by atoms with E-state index < -0.39 is 0 Å². The average Bonchev–Trinajstić information content (AvgIpc) is 2.89. The Bertz CT molecular complexity index is 620. The van der Waals surface area contributed by atoms with Gasteiger partial charge < -0.3 is 4.98 Å². The number of benzene rings is 1. The number of fused-ring (bicyclic) bond motifs is 1. The summed E-state index contributed by atoms with van der Waals surface area (Å²) in [6, 6.07) is 4.94. The first-order chi connectivity index (χ1) is 8.22. The third-order valence-electron chi connectivity index (χ3n) is 2.44. The van der Waals surface area contributed by atoms with Gasteiger partial charge in [-0.3, -0.25) is 4.68 Å². The molecule has 0 atom stereocenters. The Hall–Kier alpha value is -1.69. The van der Waals surface area contributed by atoms with Crippen molar-refractivity contribution in [3.05, 3.63) is 46.7 Å². The second-order valence-electron chi connectivity index (χ2n) is 3.67. The van der Waals surface area contributed by atoms with E-state index in [2.05, 4.69) is 31.0 Å². The van der Waals surface area contributed by atoms with E-state index in [0.29, 0.717) is 16.5 Å². The van der Waals surface area contributed by atoms with Crippen LogP contribution in [0.25, 0.3) is 11.0 Å². The molecule has 0 spiro atoms. The summed E-state index contributed by atoms with van der Waals surface area (Å²) in [6.45, 7) is 0.543. The highest BCUT2D eigenvalue weighted by Gasteiger charge is 2.07. The molecule has 4 nitrogen and oxygen atoms in total. The molecule has 0 aliphatic rings. The van der Waals surface area contributed by atoms with Crippen LogP contribution in [0.2, 0.25) is 0 Å². The molecule has 0 aliphatic carbocycles. The van der Waals surface area contributed by atoms with E-state index in [9.17, 15) is 4.39 Å². The smallest absolute Gasteiger partial charge is 0.139 e. The molecule has 1 N–H and O–H groups in total. The Morgan fingerprint density at radius 3 is 3.06 bits per heavy atom. The highest BCUT2D eigenvalue weighted by molar-refractivity contribution is 9.10. The zero-order chi connectivity index (χ0) is 11.8. The van der Waals surface area contributed by atoms with Gasteiger partial charge in [0.2, 0.25) is 0 Å². The van der Waals surface area contributed by atoms with Gasteiger partial charge in [0.05, 0.1) is 22.1 Å². The number of nitrogens with one attached hydrogen (secondary N) is 1. The molecule has 17 heavy (non-hydrogen) atoms. The Labute approximate surface area is 105 Å². The van der Waals surface area contributed by atoms with Gasteiger partial charge in [0.25, 0.3) is 0 Å². The van der Waals surface area contributed by atoms with Gasteiger partial charge in [-0.1, -0.05) is 0 Å². The number of H-pyrrole nitrogens is 1. The van der Waals surface area contributed by atoms with Crippen LogP contribution in [0.1, 0.15) is 5.82 Å². The monoisotopic (exact) mass is 294 g/mol. The summed E-state index contributed by atoms with van der Waals surface area (Å²) < 4.78 is 15.5. The first-order valence-electron chi connectivity index (χ1n) is 5.03. The van der Waals surface area contributed by atoms with Crippen molar-refractivity contribution in [1.29, 1.82) is 0 Å². The van der Waals surface area contributed by atoms with E-state index in [0.717, 1.165) is 11.3 Å². The van der Waals surface area contributed by atoms with Crippen LogP contribution in [0.15, 0.2) is 35.1 Å². The van der Waals surface area contributed by atoms with E-state index in [4.69, 9.17) is 0 Å². The number of aromatic amines is 1. The highest BCUT2D eigenvalue weighted by Crippen LogP contribution is 2.21. The third-order valence-corrected chi connectivity index (χ3v) is 3.05. The molecule has 0 radical (unpaired) electrons. The molecule has 0 aliphatic heterocycles. The molecule has 2 aromatic heterocycles. The summed E-state index contributed by atoms with van der Waals surface area (Å²) in [5.74, 6) is 0.452. The molecular weight excluding hydrogens is 287 g/mol. The fourth-order valence-corrected chi connectivity index (χ4v) is 2.01. The molecule has 3 rings (SSSR count). The van der Waals surface area contributed by atoms with Gasteiger partial charge in [0, 0.05) is 18.5 Å². The number of halogens is 2. The van der Waals surface area contributed by atoms with E-state index in [1.807, 2.05) is 12.3 Å². The Balaban J connectivity index is 2.02. The summed E-state index contributed by atoms with van der Waals surface area (Å²) in [5.41, 5.74) is 1.42. The molecule has 1 aromatic carbocycles. The van der Waals surface area contributed by atoms with E-state index in [1.165, 1.54) is 6.07 Å². The summed E-state index contributed by atoms with van der Waals surface area (Å²) in [7, 11) is 0. The predicted octanol–water partition coefficient (Wildman–Crippen LogP) is 2.71. The second-order valence-corrected chi connectivity index (χ2v) is 4.52. The van der Waals surface area contributed by atoms with Crippen LogP contribution < -0.4 is 0 Å². The molecule has 3 aromatic rings. The van der Waals surface area contributed by atoms with Crippen LogP contribution in [0.3, 0.4) is 0 Å². The summed E-state index contributed by atoms with van der Waals surface area (Å²) >= 11 is 3.14. The normalized spacial score (nSPS) is 11.2. The zero-order valence-electron chi connectivity index (χ0n) is 8.69. The van der Waals surface area contributed by atoms with Crippen LogP contribution in [0.4, 0.5) is 4.39 Å². The van der Waals surface area contributed by atoms with Gasteiger partial charge in [-0.15, -0.1) is 0 Å². The number of rotatable bonds is 2. The van der Waals surface area contributed by atoms with Gasteiger partial charge in [0.1, 0.15) is 11.6 Å². The standard InChI is InChI=1S/C11H8BrFN4/c12-7-4-9-10(5-8(7)13)16-11(15-9)6-17-3-1-2-14-17/h1-5H,6H2,(H,15,16). The van der Waals surface area contributed by atoms with Crippen molar-refractivity contribution in [2.75, 3.05) is 0 Å². The topological polar surface area (TPSA) is 46.5 Å². The molecular formula is C11H8BrFN4. The quantitative estimate of drug-likeness (QED) is 0.790. The van der Waals surface area contributed by atoms with Gasteiger partial charge in [-0.05, 0) is 28.1 Å². The van der Waals surface area contributed by atoms with E-state index >= 15 is 0 Å². The van der Waals surface area contributed by atoms with E-state index in [1.54, 1.807) is 16.9 Å². The molecule has 0 fully saturated rings. The molecule has 0 saturated carbocycles. The Morgan fingerprint density at radius 1 is 1.41 bits per heavy atom. The first kappa shape index (κ1) is 10.5. The average molecular weight is 295 g/mol. The van der Waals surface area contributed by atoms with Gasteiger partial charge in [0.15, 0.2) is 0 Å². The lowest BCUT2D eigenvalue weighted by molar-refractivity contribution is 0.623. The van der Waals surface area contributed by atoms with Crippen LogP contribution >= 0.6 is 15.9 Å². The van der Waals surface area contributed by atoms with Gasteiger partial charge >= 0.3 is 0 Å². The van der Waals surface area contributed by atoms with Crippen molar-refractivity contribution in [2.24, 2.45) is 0 Å². The molecule has 86 valence electrons. The maximum absolute atomic E-state index is 13.3. The number of imidazole rings is 1. The van der Waals surface area contributed by atoms with Crippen LogP contribution in [-0.2, 0) is 6.54 Å². The maximum atomic E-state index is 13.3. The molecule has 0 unspecified atom stereocenters. The van der Waals surface area contributed by atoms with Crippen molar-refractivity contribution < 1.29 is 4.39 Å². The SMILES string of the molecule is Fc1cc2[nH]c(Cn3cccn3)nc2cc1Br. The van der Waals surface area contributed by atoms with Gasteiger partial charge in [-0.2, -0.15) is 5.10 Å². The molecule has 6 heteroatoms. The largest absolute Gasteiger partial charge is 0.340 e. The van der Waals surface area contributed by atoms with Crippen LogP contribution in [0.5, 0.6) is 0 Å². The number of aromatic nitrogens is 4. The van der Waals surface area contributed by atoms with E-state index in [-0.39, 0.29) is 5.82 Å². The predicted molar refractivity (Wildman–Crippen MR) is 65.1 cm³/mol. The van der Waals surface area contributed by atoms with Crippen molar-refractivity contribution in [3.8, 4) is 0 Å². The van der Waals surface area contributed by atoms with Crippen molar-refractivity contribution in [3.63, 3.8) is 0 Å². The lowest BCUT2D eigenvalue weighted by Gasteiger charge is -1.95. The van der Waals surface area contributed by atoms with Gasteiger partial charge in [-0.25, -0.2) is 9.37 Å². The number of hydrogen-bond acceptors (Lipinski definition) is 2. The third kappa shape index (κ3) is 1.95. The minimum absolute atomic E-state index is 0.299. The lowest BCUT2D eigenvalue weighted by Crippen LogP contribution is -2.01. The minimum atomic E-state index is -0.299. The minimum Gasteiger partial charge on any atom is -0.340 e. The zero-order valence-corrected chi connectivity index (χ0v) is 10.3. The summed E-state index contributed by atoms with van der Waals surface area (Å²) in [5, 5.41) is 4.09. The number of hydrogen-bond donors (Lipinski definition) is 1. The molecule has 0 saturated heterocycles. The highest BCUT2D eigenvalue weighted by atomic mass is 79.9. The second kappa shape index (κ2) is 3.96. The first-order valence-corrected chi connectivity index (χ1v) is 5.83. The molecule has 2 heterocycles. The Kier molecular flexibility index (Phi) is 2.44. The summed E-state index contributed by atoms with van der Waals surface area (Å²) in [4.78, 5) is 7.45. The fourth-order valence-electron chi connectivity index (χ4n) is 1.68.